The van der Waals surface area contributed by atoms with Gasteiger partial charge >= 0.3 is 6.03 Å². The van der Waals surface area contributed by atoms with Crippen molar-refractivity contribution < 1.29 is 15.8 Å². The first-order valence-corrected chi connectivity index (χ1v) is 10.6. The average Bonchev–Trinajstić information content (AvgIpc) is 2.75. The monoisotopic (exact) mass is 428 g/mol. The molecule has 1 fully saturated rings. The first-order chi connectivity index (χ1) is 15.3. The Morgan fingerprint density at radius 3 is 2.81 bits per heavy atom. The summed E-state index contributed by atoms with van der Waals surface area (Å²) in [7, 11) is 0. The molecule has 166 valence electrons. The van der Waals surface area contributed by atoms with Crippen LogP contribution in [0.2, 0.25) is 0 Å². The number of imide groups is 1. The first kappa shape index (κ1) is 21.0. The third kappa shape index (κ3) is 5.48. The molecule has 31 heavy (non-hydrogen) atoms. The molecule has 0 aliphatic carbocycles. The first-order valence-electron chi connectivity index (χ1n) is 11.1. The van der Waals surface area contributed by atoms with Gasteiger partial charge in [0.2, 0.25) is 11.8 Å². The van der Waals surface area contributed by atoms with Gasteiger partial charge in [-0.2, -0.15) is 0 Å². The maximum atomic E-state index is 13.2. The number of carbonyl (C=O) groups excluding carboxylic acids is 3. The van der Waals surface area contributed by atoms with E-state index in [2.05, 4.69) is 27.9 Å². The molecule has 1 aromatic carbocycles. The third-order valence-electron chi connectivity index (χ3n) is 5.24. The molecule has 1 aromatic heterocycles. The predicted molar refractivity (Wildman–Crippen MR) is 117 cm³/mol. The van der Waals surface area contributed by atoms with Gasteiger partial charge in [0.15, 0.2) is 0 Å². The number of nitrogens with zero attached hydrogens (tertiary/aromatic N) is 2. The van der Waals surface area contributed by atoms with Gasteiger partial charge in [-0.3, -0.25) is 24.3 Å². The zero-order valence-electron chi connectivity index (χ0n) is 18.9. The van der Waals surface area contributed by atoms with Crippen molar-refractivity contribution in [2.24, 2.45) is 0 Å². The summed E-state index contributed by atoms with van der Waals surface area (Å²) in [6.07, 6.45) is 4.14. The van der Waals surface area contributed by atoms with Crippen LogP contribution in [0, 0.1) is 6.92 Å². The Morgan fingerprint density at radius 2 is 2.06 bits per heavy atom. The molecule has 1 aliphatic heterocycles. The number of nitrogens with one attached hydrogen (secondary N) is 3. The quantitative estimate of drug-likeness (QED) is 0.439. The second-order valence-corrected chi connectivity index (χ2v) is 7.65. The minimum absolute atomic E-state index is 0.0311. The molecule has 0 spiro atoms. The van der Waals surface area contributed by atoms with E-state index in [1.165, 1.54) is 0 Å². The Balaban J connectivity index is 1.78. The fourth-order valence-electron chi connectivity index (χ4n) is 3.59. The second-order valence-electron chi connectivity index (χ2n) is 7.65. The van der Waals surface area contributed by atoms with E-state index in [-0.39, 0.29) is 36.6 Å². The summed E-state index contributed by atoms with van der Waals surface area (Å²) in [6.45, 7) is 4.50. The largest absolute Gasteiger partial charge is 0.338 e. The lowest BCUT2D eigenvalue weighted by Gasteiger charge is -2.24. The highest BCUT2D eigenvalue weighted by Gasteiger charge is 2.30. The molecule has 1 saturated heterocycles. The molecule has 1 aliphatic rings. The van der Waals surface area contributed by atoms with Gasteiger partial charge in [0.25, 0.3) is 5.56 Å². The molecule has 2 heterocycles. The lowest BCUT2D eigenvalue weighted by molar-refractivity contribution is -0.135. The number of amides is 4. The molecule has 0 bridgehead atoms. The van der Waals surface area contributed by atoms with E-state index in [9.17, 15) is 19.2 Å². The van der Waals surface area contributed by atoms with E-state index in [4.69, 9.17) is 1.37 Å². The molecule has 4 amide bonds. The van der Waals surface area contributed by atoms with Gasteiger partial charge in [0.1, 0.15) is 11.8 Å². The predicted octanol–water partition coefficient (Wildman–Crippen LogP) is 2.06. The maximum Gasteiger partial charge on any atom is 0.315 e. The minimum Gasteiger partial charge on any atom is -0.338 e. The summed E-state index contributed by atoms with van der Waals surface area (Å²) in [4.78, 5) is 53.5. The lowest BCUT2D eigenvalue weighted by atomic mass is 10.0. The molecule has 9 nitrogen and oxygen atoms in total. The van der Waals surface area contributed by atoms with Gasteiger partial charge in [0, 0.05) is 19.5 Å². The van der Waals surface area contributed by atoms with Crippen LogP contribution in [0.25, 0.3) is 10.9 Å². The lowest BCUT2D eigenvalue weighted by Crippen LogP contribution is -2.45. The number of hydrogen-bond donors (Lipinski definition) is 3. The summed E-state index contributed by atoms with van der Waals surface area (Å²) in [6, 6.07) is 2.83. The molecule has 0 unspecified atom stereocenters. The number of fused-ring (bicyclic) bond motifs is 1. The Kier molecular flexibility index (Phi) is 6.91. The number of aryl methyl sites for hydroxylation is 1. The summed E-state index contributed by atoms with van der Waals surface area (Å²) in [5.41, 5.74) is 0.591. The minimum atomic E-state index is -1.94. The Hall–Kier alpha value is -3.23. The van der Waals surface area contributed by atoms with Gasteiger partial charge in [-0.15, -0.1) is 0 Å². The van der Waals surface area contributed by atoms with Crippen molar-refractivity contribution in [2.45, 2.75) is 64.9 Å². The van der Waals surface area contributed by atoms with E-state index in [1.54, 1.807) is 25.1 Å². The van der Waals surface area contributed by atoms with Gasteiger partial charge in [-0.1, -0.05) is 32.3 Å². The number of hydrogen-bond acceptors (Lipinski definition) is 5. The van der Waals surface area contributed by atoms with E-state index >= 15 is 0 Å². The molecule has 0 saturated carbocycles. The number of urea groups is 1. The smallest absolute Gasteiger partial charge is 0.315 e. The van der Waals surface area contributed by atoms with Gasteiger partial charge in [-0.05, 0) is 37.5 Å². The van der Waals surface area contributed by atoms with Crippen molar-refractivity contribution in [3.8, 4) is 0 Å². The van der Waals surface area contributed by atoms with Crippen LogP contribution in [0.4, 0.5) is 4.79 Å². The maximum absolute atomic E-state index is 13.2. The number of rotatable bonds is 8. The normalized spacial score (nSPS) is 19.1. The van der Waals surface area contributed by atoms with Crippen LogP contribution in [0.3, 0.4) is 0 Å². The zero-order valence-corrected chi connectivity index (χ0v) is 17.9. The number of carbonyl (C=O) groups is 3. The molecule has 3 N–H and O–H groups in total. The highest BCUT2D eigenvalue weighted by Crippen LogP contribution is 2.20. The van der Waals surface area contributed by atoms with Crippen LogP contribution in [0.15, 0.2) is 23.0 Å². The fourth-order valence-corrected chi connectivity index (χ4v) is 3.59. The van der Waals surface area contributed by atoms with Crippen molar-refractivity contribution in [1.29, 1.82) is 0 Å². The van der Waals surface area contributed by atoms with E-state index < -0.39 is 23.4 Å². The van der Waals surface area contributed by atoms with Crippen molar-refractivity contribution in [2.75, 3.05) is 6.54 Å². The number of benzene rings is 1. The second kappa shape index (κ2) is 10.2. The van der Waals surface area contributed by atoms with Crippen molar-refractivity contribution >= 4 is 28.7 Å². The van der Waals surface area contributed by atoms with Gasteiger partial charge in [0.05, 0.1) is 12.3 Å². The Labute approximate surface area is 182 Å². The van der Waals surface area contributed by atoms with Crippen molar-refractivity contribution in [3.63, 3.8) is 0 Å². The standard InChI is InChI=1S/C22H29N5O4/c1-3-4-5-6-11-23-22(31)24-13-15-7-8-17-16(12-15)21(30)27(14(2)25-17)18-9-10-19(28)26-20(18)29/h7-8,12,18H,3-6,9-11,13H2,1-2H3,(H2,23,24,31)(H,26,28,29)/t18-/m1/s1/i18D. The van der Waals surface area contributed by atoms with Crippen molar-refractivity contribution in [1.82, 2.24) is 25.5 Å². The Morgan fingerprint density at radius 1 is 1.26 bits per heavy atom. The molecular weight excluding hydrogens is 398 g/mol. The average molecular weight is 429 g/mol. The van der Waals surface area contributed by atoms with Crippen LogP contribution in [-0.2, 0) is 16.1 Å². The zero-order chi connectivity index (χ0) is 23.3. The summed E-state index contributed by atoms with van der Waals surface area (Å²) >= 11 is 0. The molecule has 1 atom stereocenters. The van der Waals surface area contributed by atoms with Crippen LogP contribution in [-0.4, -0.2) is 33.9 Å². The van der Waals surface area contributed by atoms with Gasteiger partial charge < -0.3 is 10.6 Å². The van der Waals surface area contributed by atoms with E-state index in [0.717, 1.165) is 30.3 Å². The fraction of sp³-hybridized carbons (Fsp3) is 0.500. The molecule has 0 radical (unpaired) electrons. The SMILES string of the molecule is [2H][C@@]1(n2c(C)nc3ccc(CNC(=O)NCCCCCC)cc3c2=O)CCC(=O)NC1=O. The summed E-state index contributed by atoms with van der Waals surface area (Å²) in [5, 5.41) is 7.95. The number of unbranched alkanes of at least 4 members (excludes halogenated alkanes) is 3. The van der Waals surface area contributed by atoms with Crippen LogP contribution in [0.5, 0.6) is 0 Å². The van der Waals surface area contributed by atoms with E-state index in [1.807, 2.05) is 0 Å². The van der Waals surface area contributed by atoms with Crippen molar-refractivity contribution in [3.05, 3.63) is 39.9 Å². The highest BCUT2D eigenvalue weighted by molar-refractivity contribution is 5.99. The molecular formula is C22H29N5O4. The van der Waals surface area contributed by atoms with Crippen LogP contribution >= 0.6 is 0 Å². The molecule has 3 rings (SSSR count). The third-order valence-corrected chi connectivity index (χ3v) is 5.24. The van der Waals surface area contributed by atoms with Crippen LogP contribution in [0.1, 0.15) is 64.2 Å². The van der Waals surface area contributed by atoms with E-state index in [0.29, 0.717) is 17.6 Å². The summed E-state index contributed by atoms with van der Waals surface area (Å²) < 4.78 is 9.64. The Bertz CT molecular complexity index is 1100. The molecule has 9 heteroatoms. The highest BCUT2D eigenvalue weighted by atomic mass is 16.2. The number of aromatic nitrogens is 2. The van der Waals surface area contributed by atoms with Gasteiger partial charge in [-0.25, -0.2) is 9.78 Å². The van der Waals surface area contributed by atoms with Crippen LogP contribution < -0.4 is 21.5 Å². The molecule has 2 aromatic rings. The summed E-state index contributed by atoms with van der Waals surface area (Å²) in [5.74, 6) is -1.09. The number of piperidine rings is 1. The topological polar surface area (TPSA) is 122 Å².